The predicted molar refractivity (Wildman–Crippen MR) is 110 cm³/mol. The molecule has 3 aliphatic heterocycles. The normalized spacial score (nSPS) is 36.6. The van der Waals surface area contributed by atoms with Gasteiger partial charge in [-0.25, -0.2) is 8.78 Å². The molecule has 148 valence electrons. The molecule has 4 nitrogen and oxygen atoms in total. The number of hydrogen-bond donors (Lipinski definition) is 1. The van der Waals surface area contributed by atoms with Gasteiger partial charge in [0.25, 0.3) is 0 Å². The SMILES string of the molecule is CCN=C(NC1CC1c1c(F)cccc1F)N1CC2C3CCC(O3)C2C1.I. The maximum Gasteiger partial charge on any atom is 0.194 e. The summed E-state index contributed by atoms with van der Waals surface area (Å²) in [6, 6.07) is 4.15. The third kappa shape index (κ3) is 3.34. The van der Waals surface area contributed by atoms with E-state index in [1.54, 1.807) is 0 Å². The molecule has 0 radical (unpaired) electrons. The van der Waals surface area contributed by atoms with Crippen molar-refractivity contribution in [3.63, 3.8) is 0 Å². The topological polar surface area (TPSA) is 36.9 Å². The number of nitrogens with one attached hydrogen (secondary N) is 1. The number of hydrogen-bond acceptors (Lipinski definition) is 2. The van der Waals surface area contributed by atoms with Crippen LogP contribution in [0.4, 0.5) is 8.78 Å². The van der Waals surface area contributed by atoms with Gasteiger partial charge in [0.05, 0.1) is 12.2 Å². The number of ether oxygens (including phenoxy) is 1. The molecule has 0 aromatic heterocycles. The number of fused-ring (bicyclic) bond motifs is 5. The van der Waals surface area contributed by atoms with Gasteiger partial charge in [-0.05, 0) is 38.3 Å². The third-order valence-electron chi connectivity index (χ3n) is 6.54. The Kier molecular flexibility index (Phi) is 5.35. The number of halogens is 3. The summed E-state index contributed by atoms with van der Waals surface area (Å²) in [5.74, 6) is 1.11. The van der Waals surface area contributed by atoms with Crippen molar-refractivity contribution in [3.05, 3.63) is 35.4 Å². The highest BCUT2D eigenvalue weighted by Gasteiger charge is 2.54. The van der Waals surface area contributed by atoms with Crippen molar-refractivity contribution in [3.8, 4) is 0 Å². The van der Waals surface area contributed by atoms with E-state index < -0.39 is 11.6 Å². The van der Waals surface area contributed by atoms with E-state index in [0.717, 1.165) is 25.5 Å². The van der Waals surface area contributed by atoms with Gasteiger partial charge in [-0.15, -0.1) is 24.0 Å². The Morgan fingerprint density at radius 2 is 1.81 bits per heavy atom. The Morgan fingerprint density at radius 3 is 2.41 bits per heavy atom. The van der Waals surface area contributed by atoms with Crippen molar-refractivity contribution in [1.82, 2.24) is 10.2 Å². The van der Waals surface area contributed by atoms with Crippen molar-refractivity contribution in [2.75, 3.05) is 19.6 Å². The average Bonchev–Trinajstić information content (AvgIpc) is 3.01. The van der Waals surface area contributed by atoms with Gasteiger partial charge >= 0.3 is 0 Å². The molecule has 3 saturated heterocycles. The molecule has 1 aliphatic carbocycles. The second-order valence-corrected chi connectivity index (χ2v) is 8.05. The minimum absolute atomic E-state index is 0. The molecule has 6 unspecified atom stereocenters. The summed E-state index contributed by atoms with van der Waals surface area (Å²) >= 11 is 0. The summed E-state index contributed by atoms with van der Waals surface area (Å²) in [7, 11) is 0. The first-order valence-corrected chi connectivity index (χ1v) is 9.81. The van der Waals surface area contributed by atoms with E-state index in [2.05, 4.69) is 15.2 Å². The highest BCUT2D eigenvalue weighted by Crippen LogP contribution is 2.47. The predicted octanol–water partition coefficient (Wildman–Crippen LogP) is 3.51. The Balaban J connectivity index is 0.00000180. The lowest BCUT2D eigenvalue weighted by atomic mass is 9.82. The first-order valence-electron chi connectivity index (χ1n) is 9.81. The quantitative estimate of drug-likeness (QED) is 0.401. The summed E-state index contributed by atoms with van der Waals surface area (Å²) in [5, 5.41) is 3.48. The van der Waals surface area contributed by atoms with Gasteiger partial charge < -0.3 is 15.0 Å². The highest BCUT2D eigenvalue weighted by molar-refractivity contribution is 14.0. The van der Waals surface area contributed by atoms with Gasteiger partial charge in [0.1, 0.15) is 11.6 Å². The van der Waals surface area contributed by atoms with E-state index in [-0.39, 0.29) is 41.5 Å². The van der Waals surface area contributed by atoms with Gasteiger partial charge in [0, 0.05) is 49.0 Å². The molecule has 1 aromatic rings. The fourth-order valence-electron chi connectivity index (χ4n) is 5.22. The third-order valence-corrected chi connectivity index (χ3v) is 6.54. The molecule has 5 rings (SSSR count). The zero-order valence-electron chi connectivity index (χ0n) is 15.4. The van der Waals surface area contributed by atoms with Gasteiger partial charge in [0.2, 0.25) is 0 Å². The molecule has 7 heteroatoms. The lowest BCUT2D eigenvalue weighted by molar-refractivity contribution is 0.0767. The van der Waals surface area contributed by atoms with E-state index in [1.165, 1.54) is 31.0 Å². The van der Waals surface area contributed by atoms with Gasteiger partial charge in [-0.2, -0.15) is 0 Å². The zero-order chi connectivity index (χ0) is 17.8. The summed E-state index contributed by atoms with van der Waals surface area (Å²) in [5.41, 5.74) is 0.214. The second-order valence-electron chi connectivity index (χ2n) is 8.05. The molecule has 0 amide bonds. The molecule has 4 fully saturated rings. The van der Waals surface area contributed by atoms with Crippen LogP contribution in [0.25, 0.3) is 0 Å². The first kappa shape index (κ1) is 19.4. The van der Waals surface area contributed by atoms with Crippen LogP contribution in [-0.4, -0.2) is 48.7 Å². The number of aliphatic imine (C=N–C) groups is 1. The van der Waals surface area contributed by atoms with Crippen LogP contribution >= 0.6 is 24.0 Å². The Bertz CT molecular complexity index is 708. The maximum atomic E-state index is 14.0. The fourth-order valence-corrected chi connectivity index (χ4v) is 5.22. The molecular formula is C20H26F2IN3O. The van der Waals surface area contributed by atoms with Crippen LogP contribution in [0, 0.1) is 23.5 Å². The number of rotatable bonds is 3. The van der Waals surface area contributed by atoms with Crippen LogP contribution in [0.15, 0.2) is 23.2 Å². The summed E-state index contributed by atoms with van der Waals surface area (Å²) in [6.07, 6.45) is 3.95. The minimum Gasteiger partial charge on any atom is -0.374 e. The molecule has 2 bridgehead atoms. The molecule has 4 aliphatic rings. The lowest BCUT2D eigenvalue weighted by Gasteiger charge is -2.24. The Morgan fingerprint density at radius 1 is 1.19 bits per heavy atom. The van der Waals surface area contributed by atoms with E-state index in [9.17, 15) is 8.78 Å². The Hall–Kier alpha value is -0.960. The molecule has 1 aromatic carbocycles. The van der Waals surface area contributed by atoms with Crippen LogP contribution in [0.1, 0.15) is 37.7 Å². The molecule has 3 heterocycles. The van der Waals surface area contributed by atoms with Gasteiger partial charge in [0.15, 0.2) is 5.96 Å². The first-order chi connectivity index (χ1) is 12.7. The van der Waals surface area contributed by atoms with Crippen LogP contribution in [0.3, 0.4) is 0 Å². The standard InChI is InChI=1S/C20H25F2N3O.HI/c1-2-23-20(25-9-12-13(10-25)18-7-6-17(12)26-18)24-16-8-11(16)19-14(21)4-3-5-15(19)22;/h3-5,11-13,16-18H,2,6-10H2,1H3,(H,23,24);1H. The number of likely N-dealkylation sites (tertiary alicyclic amines) is 1. The molecule has 6 atom stereocenters. The zero-order valence-corrected chi connectivity index (χ0v) is 17.7. The van der Waals surface area contributed by atoms with Crippen molar-refractivity contribution in [1.29, 1.82) is 0 Å². The van der Waals surface area contributed by atoms with E-state index in [0.29, 0.717) is 30.6 Å². The molecule has 27 heavy (non-hydrogen) atoms. The monoisotopic (exact) mass is 489 g/mol. The molecule has 1 saturated carbocycles. The average molecular weight is 489 g/mol. The van der Waals surface area contributed by atoms with Gasteiger partial charge in [-0.1, -0.05) is 6.07 Å². The summed E-state index contributed by atoms with van der Waals surface area (Å²) in [6.45, 7) is 4.67. The van der Waals surface area contributed by atoms with Crippen molar-refractivity contribution >= 4 is 29.9 Å². The Labute approximate surface area is 175 Å². The number of benzene rings is 1. The number of nitrogens with zero attached hydrogens (tertiary/aromatic N) is 2. The van der Waals surface area contributed by atoms with E-state index in [1.807, 2.05) is 6.92 Å². The highest BCUT2D eigenvalue weighted by atomic mass is 127. The van der Waals surface area contributed by atoms with Crippen molar-refractivity contribution in [2.24, 2.45) is 16.8 Å². The van der Waals surface area contributed by atoms with Crippen LogP contribution in [-0.2, 0) is 4.74 Å². The largest absolute Gasteiger partial charge is 0.374 e. The molecular weight excluding hydrogens is 463 g/mol. The molecule has 1 N–H and O–H groups in total. The smallest absolute Gasteiger partial charge is 0.194 e. The van der Waals surface area contributed by atoms with E-state index >= 15 is 0 Å². The summed E-state index contributed by atoms with van der Waals surface area (Å²) < 4.78 is 34.1. The fraction of sp³-hybridized carbons (Fsp3) is 0.650. The second kappa shape index (κ2) is 7.46. The maximum absolute atomic E-state index is 14.0. The van der Waals surface area contributed by atoms with Crippen molar-refractivity contribution in [2.45, 2.75) is 50.4 Å². The van der Waals surface area contributed by atoms with Gasteiger partial charge in [-0.3, -0.25) is 4.99 Å². The number of guanidine groups is 1. The summed E-state index contributed by atoms with van der Waals surface area (Å²) in [4.78, 5) is 6.99. The molecule has 0 spiro atoms. The van der Waals surface area contributed by atoms with Crippen molar-refractivity contribution < 1.29 is 13.5 Å². The lowest BCUT2D eigenvalue weighted by Crippen LogP contribution is -2.42. The van der Waals surface area contributed by atoms with Crippen LogP contribution in [0.5, 0.6) is 0 Å². The van der Waals surface area contributed by atoms with Crippen LogP contribution < -0.4 is 5.32 Å². The van der Waals surface area contributed by atoms with E-state index in [4.69, 9.17) is 4.74 Å². The van der Waals surface area contributed by atoms with Crippen LogP contribution in [0.2, 0.25) is 0 Å². The minimum atomic E-state index is -0.447.